The molecule has 0 atom stereocenters. The van der Waals surface area contributed by atoms with Gasteiger partial charge in [0.25, 0.3) is 0 Å². The van der Waals surface area contributed by atoms with Gasteiger partial charge in [0.1, 0.15) is 12.4 Å². The summed E-state index contributed by atoms with van der Waals surface area (Å²) in [6, 6.07) is 23.0. The van der Waals surface area contributed by atoms with E-state index in [-0.39, 0.29) is 18.3 Å². The Morgan fingerprint density at radius 2 is 1.58 bits per heavy atom. The fourth-order valence-corrected chi connectivity index (χ4v) is 3.50. The highest BCUT2D eigenvalue weighted by Crippen LogP contribution is 2.44. The standard InChI is InChI=1S/C22H19NO3/c1-23(15-7-6-8-16(24)13-15)22(25)26-14-21-19-11-4-2-9-17(19)18-10-3-5-12-20(18)21/h2-13,21,24H,14H2,1H3. The van der Waals surface area contributed by atoms with Crippen LogP contribution in [0.15, 0.2) is 72.8 Å². The second-order valence-corrected chi connectivity index (χ2v) is 6.38. The maximum absolute atomic E-state index is 12.5. The number of phenolic OH excluding ortho intramolecular Hbond substituents is 1. The number of benzene rings is 3. The molecule has 0 saturated carbocycles. The van der Waals surface area contributed by atoms with Crippen molar-refractivity contribution in [2.24, 2.45) is 0 Å². The largest absolute Gasteiger partial charge is 0.508 e. The number of ether oxygens (including phenoxy) is 1. The Balaban J connectivity index is 1.54. The highest BCUT2D eigenvalue weighted by atomic mass is 16.6. The van der Waals surface area contributed by atoms with E-state index in [1.165, 1.54) is 33.2 Å². The predicted molar refractivity (Wildman–Crippen MR) is 102 cm³/mol. The zero-order valence-corrected chi connectivity index (χ0v) is 14.4. The monoisotopic (exact) mass is 345 g/mol. The van der Waals surface area contributed by atoms with E-state index >= 15 is 0 Å². The van der Waals surface area contributed by atoms with E-state index in [2.05, 4.69) is 24.3 Å². The summed E-state index contributed by atoms with van der Waals surface area (Å²) in [5.41, 5.74) is 5.35. The normalized spacial score (nSPS) is 12.3. The molecule has 0 fully saturated rings. The third-order valence-electron chi connectivity index (χ3n) is 4.83. The number of fused-ring (bicyclic) bond motifs is 3. The Morgan fingerprint density at radius 3 is 2.19 bits per heavy atom. The van der Waals surface area contributed by atoms with E-state index in [9.17, 15) is 9.90 Å². The molecule has 4 nitrogen and oxygen atoms in total. The lowest BCUT2D eigenvalue weighted by Gasteiger charge is -2.20. The quantitative estimate of drug-likeness (QED) is 0.743. The lowest BCUT2D eigenvalue weighted by Crippen LogP contribution is -2.28. The van der Waals surface area contributed by atoms with Crippen molar-refractivity contribution in [2.75, 3.05) is 18.6 Å². The first-order chi connectivity index (χ1) is 12.6. The smallest absolute Gasteiger partial charge is 0.414 e. The first kappa shape index (κ1) is 16.2. The van der Waals surface area contributed by atoms with Crippen LogP contribution in [0.3, 0.4) is 0 Å². The molecule has 0 aliphatic heterocycles. The summed E-state index contributed by atoms with van der Waals surface area (Å²) in [4.78, 5) is 13.9. The molecular formula is C22H19NO3. The highest BCUT2D eigenvalue weighted by molar-refractivity contribution is 5.87. The zero-order chi connectivity index (χ0) is 18.1. The van der Waals surface area contributed by atoms with Crippen molar-refractivity contribution in [3.05, 3.63) is 83.9 Å². The van der Waals surface area contributed by atoms with Crippen LogP contribution in [0.25, 0.3) is 11.1 Å². The number of phenols is 1. The van der Waals surface area contributed by atoms with Gasteiger partial charge in [-0.1, -0.05) is 54.6 Å². The third-order valence-corrected chi connectivity index (χ3v) is 4.83. The number of amides is 1. The summed E-state index contributed by atoms with van der Waals surface area (Å²) >= 11 is 0. The number of nitrogens with zero attached hydrogens (tertiary/aromatic N) is 1. The number of anilines is 1. The van der Waals surface area contributed by atoms with E-state index in [4.69, 9.17) is 4.74 Å². The second-order valence-electron chi connectivity index (χ2n) is 6.38. The summed E-state index contributed by atoms with van der Waals surface area (Å²) in [6.45, 7) is 0.274. The summed E-state index contributed by atoms with van der Waals surface area (Å²) in [7, 11) is 1.63. The van der Waals surface area contributed by atoms with E-state index in [1.54, 1.807) is 25.2 Å². The van der Waals surface area contributed by atoms with Crippen molar-refractivity contribution < 1.29 is 14.6 Å². The van der Waals surface area contributed by atoms with Gasteiger partial charge in [-0.15, -0.1) is 0 Å². The van der Waals surface area contributed by atoms with E-state index < -0.39 is 6.09 Å². The molecule has 1 amide bonds. The molecule has 130 valence electrons. The highest BCUT2D eigenvalue weighted by Gasteiger charge is 2.29. The SMILES string of the molecule is CN(C(=O)OCC1c2ccccc2-c2ccccc21)c1cccc(O)c1. The van der Waals surface area contributed by atoms with Crippen molar-refractivity contribution in [1.82, 2.24) is 0 Å². The van der Waals surface area contributed by atoms with Gasteiger partial charge in [-0.2, -0.15) is 0 Å². The van der Waals surface area contributed by atoms with E-state index in [1.807, 2.05) is 24.3 Å². The van der Waals surface area contributed by atoms with Gasteiger partial charge >= 0.3 is 6.09 Å². The molecule has 1 aliphatic carbocycles. The van der Waals surface area contributed by atoms with Crippen LogP contribution in [-0.2, 0) is 4.74 Å². The average Bonchev–Trinajstić information content (AvgIpc) is 2.99. The first-order valence-electron chi connectivity index (χ1n) is 8.53. The Kier molecular flexibility index (Phi) is 4.09. The molecule has 0 bridgehead atoms. The molecular weight excluding hydrogens is 326 g/mol. The molecule has 4 rings (SSSR count). The molecule has 0 heterocycles. The Labute approximate surface area is 152 Å². The lowest BCUT2D eigenvalue weighted by atomic mass is 9.98. The summed E-state index contributed by atoms with van der Waals surface area (Å²) < 4.78 is 5.60. The molecule has 0 aromatic heterocycles. The van der Waals surface area contributed by atoms with Crippen LogP contribution in [0.4, 0.5) is 10.5 Å². The molecule has 1 N–H and O–H groups in total. The van der Waals surface area contributed by atoms with Gasteiger partial charge in [-0.05, 0) is 34.4 Å². The van der Waals surface area contributed by atoms with Crippen LogP contribution in [0.5, 0.6) is 5.75 Å². The number of rotatable bonds is 3. The first-order valence-corrected chi connectivity index (χ1v) is 8.53. The van der Waals surface area contributed by atoms with Crippen LogP contribution in [-0.4, -0.2) is 24.9 Å². The van der Waals surface area contributed by atoms with Gasteiger partial charge in [0.2, 0.25) is 0 Å². The Morgan fingerprint density at radius 1 is 0.962 bits per heavy atom. The molecule has 3 aromatic carbocycles. The number of hydrogen-bond acceptors (Lipinski definition) is 3. The van der Waals surface area contributed by atoms with Gasteiger partial charge in [0.15, 0.2) is 0 Å². The molecule has 0 spiro atoms. The molecule has 26 heavy (non-hydrogen) atoms. The van der Waals surface area contributed by atoms with Crippen molar-refractivity contribution >= 4 is 11.8 Å². The Hall–Kier alpha value is -3.27. The van der Waals surface area contributed by atoms with E-state index in [0.29, 0.717) is 5.69 Å². The number of carbonyl (C=O) groups is 1. The topological polar surface area (TPSA) is 49.8 Å². The summed E-state index contributed by atoms with van der Waals surface area (Å²) in [5, 5.41) is 9.59. The fraction of sp³-hybridized carbons (Fsp3) is 0.136. The Bertz CT molecular complexity index is 921. The maximum atomic E-state index is 12.5. The van der Waals surface area contributed by atoms with Crippen molar-refractivity contribution in [2.45, 2.75) is 5.92 Å². The number of carbonyl (C=O) groups excluding carboxylic acids is 1. The van der Waals surface area contributed by atoms with Crippen molar-refractivity contribution in [3.63, 3.8) is 0 Å². The minimum Gasteiger partial charge on any atom is -0.508 e. The zero-order valence-electron chi connectivity index (χ0n) is 14.4. The molecule has 0 saturated heterocycles. The van der Waals surface area contributed by atoms with Gasteiger partial charge in [0.05, 0.1) is 5.69 Å². The third kappa shape index (κ3) is 2.80. The van der Waals surface area contributed by atoms with Crippen LogP contribution < -0.4 is 4.90 Å². The molecule has 0 unspecified atom stereocenters. The van der Waals surface area contributed by atoms with Crippen LogP contribution in [0.2, 0.25) is 0 Å². The fourth-order valence-electron chi connectivity index (χ4n) is 3.50. The maximum Gasteiger partial charge on any atom is 0.414 e. The summed E-state index contributed by atoms with van der Waals surface area (Å²) in [6.07, 6.45) is -0.447. The molecule has 1 aliphatic rings. The number of aromatic hydroxyl groups is 1. The molecule has 4 heteroatoms. The van der Waals surface area contributed by atoms with Gasteiger partial charge in [0, 0.05) is 19.0 Å². The van der Waals surface area contributed by atoms with Gasteiger partial charge < -0.3 is 9.84 Å². The van der Waals surface area contributed by atoms with Crippen LogP contribution >= 0.6 is 0 Å². The predicted octanol–water partition coefficient (Wildman–Crippen LogP) is 4.78. The van der Waals surface area contributed by atoms with Crippen molar-refractivity contribution in [3.8, 4) is 16.9 Å². The van der Waals surface area contributed by atoms with Gasteiger partial charge in [-0.25, -0.2) is 4.79 Å². The van der Waals surface area contributed by atoms with Gasteiger partial charge in [-0.3, -0.25) is 4.90 Å². The minimum atomic E-state index is -0.447. The minimum absolute atomic E-state index is 0.0314. The summed E-state index contributed by atoms with van der Waals surface area (Å²) in [5.74, 6) is 0.143. The molecule has 0 radical (unpaired) electrons. The van der Waals surface area contributed by atoms with Crippen LogP contribution in [0.1, 0.15) is 17.0 Å². The van der Waals surface area contributed by atoms with Crippen LogP contribution in [0, 0.1) is 0 Å². The average molecular weight is 345 g/mol. The molecule has 3 aromatic rings. The second kappa shape index (κ2) is 6.56. The van der Waals surface area contributed by atoms with E-state index in [0.717, 1.165) is 0 Å². The lowest BCUT2D eigenvalue weighted by molar-refractivity contribution is 0.152. The van der Waals surface area contributed by atoms with Crippen molar-refractivity contribution in [1.29, 1.82) is 0 Å². The number of hydrogen-bond donors (Lipinski definition) is 1.